The van der Waals surface area contributed by atoms with Gasteiger partial charge < -0.3 is 10.2 Å². The normalized spacial score (nSPS) is 20.2. The molecule has 1 atom stereocenters. The van der Waals surface area contributed by atoms with Crippen LogP contribution in [0.1, 0.15) is 12.0 Å². The summed E-state index contributed by atoms with van der Waals surface area (Å²) in [6.45, 7) is 0.0107. The second-order valence-electron chi connectivity index (χ2n) is 5.11. The summed E-state index contributed by atoms with van der Waals surface area (Å²) < 4.78 is 36.3. The van der Waals surface area contributed by atoms with Crippen LogP contribution in [0.3, 0.4) is 0 Å². The van der Waals surface area contributed by atoms with Crippen LogP contribution in [0.5, 0.6) is 0 Å². The number of carbonyl (C=O) groups is 1. The Morgan fingerprint density at radius 3 is 2.81 bits per heavy atom. The van der Waals surface area contributed by atoms with E-state index >= 15 is 0 Å². The summed E-state index contributed by atoms with van der Waals surface area (Å²) in [7, 11) is -1.55. The molecule has 1 fully saturated rings. The lowest BCUT2D eigenvalue weighted by molar-refractivity contribution is 0.203. The lowest BCUT2D eigenvalue weighted by Crippen LogP contribution is -2.43. The molecule has 0 saturated carbocycles. The number of amides is 2. The van der Waals surface area contributed by atoms with Gasteiger partial charge in [0, 0.05) is 23.7 Å². The Morgan fingerprint density at radius 2 is 2.24 bits per heavy atom. The van der Waals surface area contributed by atoms with Crippen LogP contribution in [-0.2, 0) is 16.4 Å². The Labute approximate surface area is 128 Å². The molecule has 2 amide bonds. The van der Waals surface area contributed by atoms with E-state index in [1.54, 1.807) is 6.07 Å². The van der Waals surface area contributed by atoms with Crippen molar-refractivity contribution in [2.24, 2.45) is 0 Å². The summed E-state index contributed by atoms with van der Waals surface area (Å²) in [6, 6.07) is 3.48. The van der Waals surface area contributed by atoms with E-state index < -0.39 is 21.7 Å². The zero-order chi connectivity index (χ0) is 15.6. The van der Waals surface area contributed by atoms with Crippen molar-refractivity contribution in [3.63, 3.8) is 0 Å². The van der Waals surface area contributed by atoms with Gasteiger partial charge in [0.15, 0.2) is 9.84 Å². The molecule has 0 unspecified atom stereocenters. The highest BCUT2D eigenvalue weighted by Gasteiger charge is 2.29. The first kappa shape index (κ1) is 16.0. The molecule has 5 nitrogen and oxygen atoms in total. The smallest absolute Gasteiger partial charge is 0.317 e. The lowest BCUT2D eigenvalue weighted by atomic mass is 10.2. The van der Waals surface area contributed by atoms with Crippen molar-refractivity contribution in [1.82, 2.24) is 10.2 Å². The van der Waals surface area contributed by atoms with Gasteiger partial charge in [-0.05, 0) is 18.6 Å². The number of urea groups is 1. The number of benzene rings is 1. The molecular weight excluding hydrogens is 319 g/mol. The van der Waals surface area contributed by atoms with Crippen LogP contribution in [0.15, 0.2) is 18.2 Å². The van der Waals surface area contributed by atoms with Crippen molar-refractivity contribution in [2.75, 3.05) is 18.6 Å². The summed E-state index contributed by atoms with van der Waals surface area (Å²) in [5, 5.41) is 2.88. The van der Waals surface area contributed by atoms with E-state index in [1.165, 1.54) is 24.1 Å². The van der Waals surface area contributed by atoms with Gasteiger partial charge >= 0.3 is 6.03 Å². The van der Waals surface area contributed by atoms with Crippen molar-refractivity contribution >= 4 is 27.5 Å². The molecule has 0 radical (unpaired) electrons. The summed E-state index contributed by atoms with van der Waals surface area (Å²) in [5.74, 6) is -0.445. The highest BCUT2D eigenvalue weighted by Crippen LogP contribution is 2.20. The van der Waals surface area contributed by atoms with Gasteiger partial charge in [-0.1, -0.05) is 17.7 Å². The van der Waals surface area contributed by atoms with Crippen LogP contribution in [0.2, 0.25) is 5.02 Å². The molecule has 1 aliphatic rings. The van der Waals surface area contributed by atoms with Crippen molar-refractivity contribution in [3.05, 3.63) is 34.6 Å². The minimum atomic E-state index is -3.05. The second kappa shape index (κ2) is 6.19. The van der Waals surface area contributed by atoms with Crippen LogP contribution >= 0.6 is 11.6 Å². The zero-order valence-electron chi connectivity index (χ0n) is 11.5. The Hall–Kier alpha value is -1.34. The van der Waals surface area contributed by atoms with E-state index in [9.17, 15) is 17.6 Å². The molecule has 1 aromatic carbocycles. The first-order valence-electron chi connectivity index (χ1n) is 6.43. The minimum absolute atomic E-state index is 0.0107. The average Bonchev–Trinajstić information content (AvgIpc) is 2.73. The Morgan fingerprint density at radius 1 is 1.52 bits per heavy atom. The summed E-state index contributed by atoms with van der Waals surface area (Å²) in [6.07, 6.45) is 0.405. The number of carbonyl (C=O) groups excluding carboxylic acids is 1. The third-order valence-corrected chi connectivity index (χ3v) is 5.49. The number of halogens is 2. The number of sulfone groups is 1. The van der Waals surface area contributed by atoms with Crippen molar-refractivity contribution in [2.45, 2.75) is 19.0 Å². The standard InChI is InChI=1S/C13H16ClFN2O3S/c1-17(7-10-11(14)3-2-4-12(10)15)13(18)16-9-5-6-21(19,20)8-9/h2-4,9H,5-8H2,1H3,(H,16,18)/t9-/m1/s1. The molecule has 1 N–H and O–H groups in total. The van der Waals surface area contributed by atoms with E-state index in [-0.39, 0.29) is 34.7 Å². The van der Waals surface area contributed by atoms with Crippen LogP contribution in [0, 0.1) is 5.82 Å². The van der Waals surface area contributed by atoms with Gasteiger partial charge in [-0.3, -0.25) is 0 Å². The summed E-state index contributed by atoms with van der Waals surface area (Å²) >= 11 is 5.91. The van der Waals surface area contributed by atoms with E-state index in [4.69, 9.17) is 11.6 Å². The van der Waals surface area contributed by atoms with Crippen LogP contribution in [0.25, 0.3) is 0 Å². The third kappa shape index (κ3) is 4.07. The number of hydrogen-bond donors (Lipinski definition) is 1. The van der Waals surface area contributed by atoms with Crippen molar-refractivity contribution in [3.8, 4) is 0 Å². The molecule has 1 aromatic rings. The maximum Gasteiger partial charge on any atom is 0.317 e. The molecule has 1 heterocycles. The quantitative estimate of drug-likeness (QED) is 0.916. The Bertz CT molecular complexity index is 631. The zero-order valence-corrected chi connectivity index (χ0v) is 13.0. The average molecular weight is 335 g/mol. The molecule has 0 bridgehead atoms. The number of nitrogens with zero attached hydrogens (tertiary/aromatic N) is 1. The fraction of sp³-hybridized carbons (Fsp3) is 0.462. The highest BCUT2D eigenvalue weighted by molar-refractivity contribution is 7.91. The van der Waals surface area contributed by atoms with E-state index in [0.717, 1.165) is 0 Å². The fourth-order valence-electron chi connectivity index (χ4n) is 2.19. The molecular formula is C13H16ClFN2O3S. The van der Waals surface area contributed by atoms with Crippen LogP contribution < -0.4 is 5.32 Å². The summed E-state index contributed by atoms with van der Waals surface area (Å²) in [4.78, 5) is 13.3. The molecule has 0 spiro atoms. The van der Waals surface area contributed by atoms with Gasteiger partial charge in [0.05, 0.1) is 18.1 Å². The van der Waals surface area contributed by atoms with Crippen molar-refractivity contribution < 1.29 is 17.6 Å². The molecule has 1 saturated heterocycles. The lowest BCUT2D eigenvalue weighted by Gasteiger charge is -2.21. The molecule has 2 rings (SSSR count). The highest BCUT2D eigenvalue weighted by atomic mass is 35.5. The van der Waals surface area contributed by atoms with E-state index in [0.29, 0.717) is 6.42 Å². The van der Waals surface area contributed by atoms with Crippen molar-refractivity contribution in [1.29, 1.82) is 0 Å². The van der Waals surface area contributed by atoms with Gasteiger partial charge in [0.25, 0.3) is 0 Å². The molecule has 0 aliphatic carbocycles. The predicted molar refractivity (Wildman–Crippen MR) is 78.5 cm³/mol. The first-order valence-corrected chi connectivity index (χ1v) is 8.63. The second-order valence-corrected chi connectivity index (χ2v) is 7.74. The monoisotopic (exact) mass is 334 g/mol. The van der Waals surface area contributed by atoms with Gasteiger partial charge in [-0.2, -0.15) is 0 Å². The van der Waals surface area contributed by atoms with E-state index in [1.807, 2.05) is 0 Å². The third-order valence-electron chi connectivity index (χ3n) is 3.36. The Kier molecular flexibility index (Phi) is 4.73. The largest absolute Gasteiger partial charge is 0.334 e. The number of nitrogens with one attached hydrogen (secondary N) is 1. The van der Waals surface area contributed by atoms with E-state index in [2.05, 4.69) is 5.32 Å². The predicted octanol–water partition coefficient (Wildman–Crippen LogP) is 1.81. The SMILES string of the molecule is CN(Cc1c(F)cccc1Cl)C(=O)N[C@@H]1CCS(=O)(=O)C1. The Balaban J connectivity index is 1.97. The molecule has 0 aromatic heterocycles. The minimum Gasteiger partial charge on any atom is -0.334 e. The van der Waals surface area contributed by atoms with Gasteiger partial charge in [0.2, 0.25) is 0 Å². The van der Waals surface area contributed by atoms with Gasteiger partial charge in [-0.15, -0.1) is 0 Å². The maximum atomic E-state index is 13.7. The van der Waals surface area contributed by atoms with Gasteiger partial charge in [0.1, 0.15) is 5.82 Å². The number of hydrogen-bond acceptors (Lipinski definition) is 3. The number of rotatable bonds is 3. The fourth-order valence-corrected chi connectivity index (χ4v) is 4.08. The first-order chi connectivity index (χ1) is 9.78. The van der Waals surface area contributed by atoms with Crippen LogP contribution in [0.4, 0.5) is 9.18 Å². The van der Waals surface area contributed by atoms with Gasteiger partial charge in [-0.25, -0.2) is 17.6 Å². The molecule has 21 heavy (non-hydrogen) atoms. The molecule has 116 valence electrons. The summed E-state index contributed by atoms with van der Waals surface area (Å²) in [5.41, 5.74) is 0.232. The van der Waals surface area contributed by atoms with Crippen LogP contribution in [-0.4, -0.2) is 43.9 Å². The topological polar surface area (TPSA) is 66.5 Å². The molecule has 1 aliphatic heterocycles. The molecule has 8 heteroatoms. The maximum absolute atomic E-state index is 13.7.